The van der Waals surface area contributed by atoms with Gasteiger partial charge in [-0.15, -0.1) is 0 Å². The van der Waals surface area contributed by atoms with Crippen LogP contribution in [0.5, 0.6) is 0 Å². The van der Waals surface area contributed by atoms with Gasteiger partial charge in [0.15, 0.2) is 11.7 Å². The van der Waals surface area contributed by atoms with E-state index >= 15 is 0 Å². The molecular weight excluding hydrogens is 401 g/mol. The molecule has 3 rings (SSSR count). The lowest BCUT2D eigenvalue weighted by molar-refractivity contribution is -0.898. The number of likely N-dealkylation sites (N-methyl/N-ethyl adjacent to an activating group) is 1. The Morgan fingerprint density at radius 2 is 1.77 bits per heavy atom. The minimum absolute atomic E-state index is 0. The van der Waals surface area contributed by atoms with Gasteiger partial charge < -0.3 is 31.3 Å². The summed E-state index contributed by atoms with van der Waals surface area (Å²) in [5, 5.41) is 11.4. The summed E-state index contributed by atoms with van der Waals surface area (Å²) in [7, 11) is 4.26. The highest BCUT2D eigenvalue weighted by Gasteiger charge is 2.49. The Morgan fingerprint density at radius 3 is 2.35 bits per heavy atom. The summed E-state index contributed by atoms with van der Waals surface area (Å²) in [6.07, 6.45) is 5.22. The smallest absolute Gasteiger partial charge is 0.343 e. The maximum atomic E-state index is 13.3. The van der Waals surface area contributed by atoms with Crippen LogP contribution in [-0.2, 0) is 15.1 Å². The second kappa shape index (κ2) is 8.36. The van der Waals surface area contributed by atoms with E-state index in [9.17, 15) is 14.3 Å². The van der Waals surface area contributed by atoms with Crippen LogP contribution in [-0.4, -0.2) is 48.8 Å². The van der Waals surface area contributed by atoms with E-state index in [1.807, 2.05) is 0 Å². The average Bonchev–Trinajstić information content (AvgIpc) is 3.08. The molecule has 1 heterocycles. The maximum Gasteiger partial charge on any atom is 0.343 e. The molecule has 146 valence electrons. The van der Waals surface area contributed by atoms with Crippen molar-refractivity contribution >= 4 is 5.97 Å². The largest absolute Gasteiger partial charge is 1.00 e. The van der Waals surface area contributed by atoms with Gasteiger partial charge in [-0.2, -0.15) is 0 Å². The molecule has 1 saturated carbocycles. The molecule has 0 unspecified atom stereocenters. The lowest BCUT2D eigenvalue weighted by Crippen LogP contribution is -3.00. The zero-order valence-electron chi connectivity index (χ0n) is 15.6. The third-order valence-electron chi connectivity index (χ3n) is 5.80. The number of aliphatic hydroxyl groups is 1. The molecule has 0 amide bonds. The van der Waals surface area contributed by atoms with E-state index in [1.54, 1.807) is 0 Å². The quantitative estimate of drug-likeness (QED) is 0.540. The van der Waals surface area contributed by atoms with E-state index in [0.29, 0.717) is 5.56 Å². The molecule has 6 heteroatoms. The highest BCUT2D eigenvalue weighted by Crippen LogP contribution is 2.42. The second-order valence-electron chi connectivity index (χ2n) is 8.27. The summed E-state index contributed by atoms with van der Waals surface area (Å²) >= 11 is 0. The SMILES string of the molecule is C[N+]1(C)CCC[C@@H](OC(=O)[C@](O)(c2ccc(F)cc2)C2CCCC2)C1.[Br-]. The molecule has 2 aliphatic rings. The van der Waals surface area contributed by atoms with E-state index in [4.69, 9.17) is 4.74 Å². The van der Waals surface area contributed by atoms with Gasteiger partial charge in [-0.1, -0.05) is 25.0 Å². The Bertz CT molecular complexity index is 616. The number of carbonyl (C=O) groups is 1. The molecule has 1 aromatic rings. The van der Waals surface area contributed by atoms with E-state index in [-0.39, 0.29) is 34.8 Å². The molecule has 26 heavy (non-hydrogen) atoms. The number of nitrogens with zero attached hydrogens (tertiary/aromatic N) is 1. The number of hydrogen-bond acceptors (Lipinski definition) is 3. The fourth-order valence-electron chi connectivity index (χ4n) is 4.39. The minimum Gasteiger partial charge on any atom is -1.00 e. The summed E-state index contributed by atoms with van der Waals surface area (Å²) in [5.74, 6) is -1.12. The van der Waals surface area contributed by atoms with Crippen molar-refractivity contribution in [3.8, 4) is 0 Å². The summed E-state index contributed by atoms with van der Waals surface area (Å²) in [6, 6.07) is 5.61. The van der Waals surface area contributed by atoms with Crippen LogP contribution in [0.3, 0.4) is 0 Å². The highest BCUT2D eigenvalue weighted by molar-refractivity contribution is 5.81. The summed E-state index contributed by atoms with van der Waals surface area (Å²) < 4.78 is 19.9. The number of halogens is 2. The van der Waals surface area contributed by atoms with Crippen molar-refractivity contribution in [3.63, 3.8) is 0 Å². The standard InChI is InChI=1S/C20H29FNO3.BrH/c1-22(2)13-5-8-18(14-22)25-19(23)20(24,15-6-3-4-7-15)16-9-11-17(21)12-10-16;/h9-12,15,18,24H,3-8,13-14H2,1-2H3;1H/q+1;/p-1/t18-,20-;/m1./s1. The second-order valence-corrected chi connectivity index (χ2v) is 8.27. The number of carbonyl (C=O) groups excluding carboxylic acids is 1. The number of ether oxygens (including phenoxy) is 1. The third kappa shape index (κ3) is 4.46. The first-order chi connectivity index (χ1) is 11.8. The number of piperidine rings is 1. The van der Waals surface area contributed by atoms with Gasteiger partial charge in [-0.05, 0) is 37.0 Å². The molecule has 2 atom stereocenters. The summed E-state index contributed by atoms with van der Waals surface area (Å²) in [6.45, 7) is 1.83. The van der Waals surface area contributed by atoms with Crippen LogP contribution in [0.15, 0.2) is 24.3 Å². The number of hydrogen-bond donors (Lipinski definition) is 1. The Balaban J connectivity index is 0.00000243. The van der Waals surface area contributed by atoms with Gasteiger partial charge in [0.1, 0.15) is 12.4 Å². The number of rotatable bonds is 4. The lowest BCUT2D eigenvalue weighted by Gasteiger charge is -2.39. The maximum absolute atomic E-state index is 13.3. The molecule has 0 bridgehead atoms. The first kappa shape index (κ1) is 21.3. The van der Waals surface area contributed by atoms with E-state index in [2.05, 4.69) is 14.1 Å². The molecule has 1 saturated heterocycles. The van der Waals surface area contributed by atoms with E-state index in [1.165, 1.54) is 24.3 Å². The first-order valence-electron chi connectivity index (χ1n) is 9.33. The third-order valence-corrected chi connectivity index (χ3v) is 5.80. The number of benzene rings is 1. The molecule has 0 spiro atoms. The van der Waals surface area contributed by atoms with Gasteiger partial charge in [0.05, 0.1) is 20.6 Å². The zero-order valence-corrected chi connectivity index (χ0v) is 17.2. The van der Waals surface area contributed by atoms with Crippen LogP contribution >= 0.6 is 0 Å². The number of quaternary nitrogens is 1. The monoisotopic (exact) mass is 429 g/mol. The summed E-state index contributed by atoms with van der Waals surface area (Å²) in [5.41, 5.74) is -1.24. The molecular formula is C20H29BrFNO3. The van der Waals surface area contributed by atoms with Crippen LogP contribution in [0.25, 0.3) is 0 Å². The van der Waals surface area contributed by atoms with E-state index in [0.717, 1.165) is 56.1 Å². The topological polar surface area (TPSA) is 46.5 Å². The van der Waals surface area contributed by atoms with Crippen molar-refractivity contribution in [3.05, 3.63) is 35.6 Å². The Kier molecular flexibility index (Phi) is 6.86. The molecule has 1 aliphatic carbocycles. The zero-order chi connectivity index (χ0) is 18.1. The Labute approximate surface area is 165 Å². The molecule has 1 aliphatic heterocycles. The van der Waals surface area contributed by atoms with Gasteiger partial charge in [0.2, 0.25) is 0 Å². The van der Waals surface area contributed by atoms with Crippen molar-refractivity contribution in [2.45, 2.75) is 50.2 Å². The summed E-state index contributed by atoms with van der Waals surface area (Å²) in [4.78, 5) is 13.0. The first-order valence-corrected chi connectivity index (χ1v) is 9.33. The number of likely N-dealkylation sites (tertiary alicyclic amines) is 1. The van der Waals surface area contributed by atoms with Crippen molar-refractivity contribution < 1.29 is 40.5 Å². The van der Waals surface area contributed by atoms with Crippen LogP contribution in [0.1, 0.15) is 44.1 Å². The van der Waals surface area contributed by atoms with Crippen LogP contribution < -0.4 is 17.0 Å². The van der Waals surface area contributed by atoms with Crippen molar-refractivity contribution in [1.82, 2.24) is 0 Å². The van der Waals surface area contributed by atoms with E-state index < -0.39 is 11.6 Å². The normalized spacial score (nSPS) is 25.2. The fourth-order valence-corrected chi connectivity index (χ4v) is 4.39. The van der Waals surface area contributed by atoms with Gasteiger partial charge in [-0.3, -0.25) is 0 Å². The average molecular weight is 430 g/mol. The predicted octanol–water partition coefficient (Wildman–Crippen LogP) is -0.0105. The fraction of sp³-hybridized carbons (Fsp3) is 0.650. The molecule has 2 fully saturated rings. The molecule has 0 aromatic heterocycles. The number of esters is 1. The van der Waals surface area contributed by atoms with Gasteiger partial charge >= 0.3 is 5.97 Å². The molecule has 0 radical (unpaired) electrons. The van der Waals surface area contributed by atoms with Crippen LogP contribution in [0, 0.1) is 11.7 Å². The Hall–Kier alpha value is -0.980. The van der Waals surface area contributed by atoms with Crippen LogP contribution in [0.4, 0.5) is 4.39 Å². The Morgan fingerprint density at radius 1 is 1.15 bits per heavy atom. The van der Waals surface area contributed by atoms with Crippen LogP contribution in [0.2, 0.25) is 0 Å². The van der Waals surface area contributed by atoms with Crippen molar-refractivity contribution in [2.24, 2.45) is 5.92 Å². The minimum atomic E-state index is -1.68. The highest BCUT2D eigenvalue weighted by atomic mass is 79.9. The van der Waals surface area contributed by atoms with Gasteiger partial charge in [-0.25, -0.2) is 9.18 Å². The van der Waals surface area contributed by atoms with Crippen molar-refractivity contribution in [2.75, 3.05) is 27.2 Å². The predicted molar refractivity (Wildman–Crippen MR) is 93.2 cm³/mol. The van der Waals surface area contributed by atoms with Gasteiger partial charge in [0.25, 0.3) is 0 Å². The van der Waals surface area contributed by atoms with Crippen molar-refractivity contribution in [1.29, 1.82) is 0 Å². The van der Waals surface area contributed by atoms with Gasteiger partial charge in [0, 0.05) is 12.3 Å². The molecule has 1 N–H and O–H groups in total. The molecule has 1 aromatic carbocycles. The lowest BCUT2D eigenvalue weighted by atomic mass is 9.80. The molecule has 4 nitrogen and oxygen atoms in total.